The summed E-state index contributed by atoms with van der Waals surface area (Å²) in [5, 5.41) is 18.3. The van der Waals surface area contributed by atoms with Crippen molar-refractivity contribution in [2.45, 2.75) is 38.1 Å². The summed E-state index contributed by atoms with van der Waals surface area (Å²) in [6.07, 6.45) is 1.49. The Labute approximate surface area is 139 Å². The largest absolute Gasteiger partial charge is 0.377 e. The van der Waals surface area contributed by atoms with Crippen LogP contribution in [0.4, 0.5) is 11.4 Å². The van der Waals surface area contributed by atoms with Crippen LogP contribution < -0.4 is 5.32 Å². The lowest BCUT2D eigenvalue weighted by molar-refractivity contribution is -0.386. The Kier molecular flexibility index (Phi) is 4.93. The fourth-order valence-electron chi connectivity index (χ4n) is 2.54. The SMILES string of the molecule is Cc1noc(C)c1CC(C)Nc1cccc(S(C)(=O)=O)c1[N+](=O)[O-]. The summed E-state index contributed by atoms with van der Waals surface area (Å²) in [6.45, 7) is 5.47. The van der Waals surface area contributed by atoms with E-state index in [4.69, 9.17) is 4.52 Å². The van der Waals surface area contributed by atoms with Gasteiger partial charge in [-0.15, -0.1) is 0 Å². The summed E-state index contributed by atoms with van der Waals surface area (Å²) in [7, 11) is -3.71. The predicted octanol–water partition coefficient (Wildman–Crippen LogP) is 2.65. The summed E-state index contributed by atoms with van der Waals surface area (Å²) in [5.74, 6) is 0.695. The third-order valence-electron chi connectivity index (χ3n) is 3.67. The van der Waals surface area contributed by atoms with Crippen LogP contribution in [0, 0.1) is 24.0 Å². The summed E-state index contributed by atoms with van der Waals surface area (Å²) >= 11 is 0. The third-order valence-corrected chi connectivity index (χ3v) is 4.80. The van der Waals surface area contributed by atoms with Crippen LogP contribution in [0.2, 0.25) is 0 Å². The van der Waals surface area contributed by atoms with E-state index >= 15 is 0 Å². The molecule has 1 aromatic heterocycles. The maximum absolute atomic E-state index is 11.8. The average Bonchev–Trinajstić information content (AvgIpc) is 2.77. The molecule has 0 aliphatic carbocycles. The van der Waals surface area contributed by atoms with Crippen LogP contribution in [-0.4, -0.2) is 30.8 Å². The Morgan fingerprint density at radius 2 is 2.04 bits per heavy atom. The number of hydrogen-bond acceptors (Lipinski definition) is 7. The fourth-order valence-corrected chi connectivity index (χ4v) is 3.40. The van der Waals surface area contributed by atoms with Gasteiger partial charge in [0.05, 0.1) is 10.6 Å². The van der Waals surface area contributed by atoms with Crippen LogP contribution in [0.25, 0.3) is 0 Å². The topological polar surface area (TPSA) is 115 Å². The number of para-hydroxylation sites is 1. The molecule has 0 spiro atoms. The number of nitro groups is 1. The molecule has 0 bridgehead atoms. The summed E-state index contributed by atoms with van der Waals surface area (Å²) < 4.78 is 28.7. The van der Waals surface area contributed by atoms with Crippen molar-refractivity contribution < 1.29 is 17.9 Å². The van der Waals surface area contributed by atoms with Crippen molar-refractivity contribution in [2.75, 3.05) is 11.6 Å². The number of benzene rings is 1. The maximum Gasteiger partial charge on any atom is 0.310 e. The quantitative estimate of drug-likeness (QED) is 0.627. The van der Waals surface area contributed by atoms with Crippen molar-refractivity contribution in [1.82, 2.24) is 5.16 Å². The van der Waals surface area contributed by atoms with Gasteiger partial charge in [-0.1, -0.05) is 11.2 Å². The molecule has 8 nitrogen and oxygen atoms in total. The van der Waals surface area contributed by atoms with E-state index < -0.39 is 20.4 Å². The van der Waals surface area contributed by atoms with Gasteiger partial charge in [0.15, 0.2) is 9.84 Å². The molecule has 1 atom stereocenters. The minimum absolute atomic E-state index is 0.169. The fraction of sp³-hybridized carbons (Fsp3) is 0.400. The van der Waals surface area contributed by atoms with Gasteiger partial charge in [0.2, 0.25) is 0 Å². The smallest absolute Gasteiger partial charge is 0.310 e. The molecule has 0 saturated carbocycles. The van der Waals surface area contributed by atoms with E-state index in [2.05, 4.69) is 10.5 Å². The molecule has 2 aromatic rings. The molecule has 0 saturated heterocycles. The number of nitrogens with zero attached hydrogens (tertiary/aromatic N) is 2. The summed E-state index contributed by atoms with van der Waals surface area (Å²) in [4.78, 5) is 10.4. The highest BCUT2D eigenvalue weighted by molar-refractivity contribution is 7.90. The summed E-state index contributed by atoms with van der Waals surface area (Å²) in [5.41, 5.74) is 1.42. The highest BCUT2D eigenvalue weighted by Gasteiger charge is 2.27. The third kappa shape index (κ3) is 3.73. The van der Waals surface area contributed by atoms with Gasteiger partial charge >= 0.3 is 5.69 Å². The molecule has 130 valence electrons. The van der Waals surface area contributed by atoms with Crippen LogP contribution in [-0.2, 0) is 16.3 Å². The van der Waals surface area contributed by atoms with E-state index in [1.165, 1.54) is 18.2 Å². The Balaban J connectivity index is 2.34. The molecule has 0 aliphatic rings. The highest BCUT2D eigenvalue weighted by Crippen LogP contribution is 2.32. The second-order valence-electron chi connectivity index (χ2n) is 5.73. The first-order chi connectivity index (χ1) is 11.1. The predicted molar refractivity (Wildman–Crippen MR) is 89.0 cm³/mol. The molecular weight excluding hydrogens is 334 g/mol. The minimum Gasteiger partial charge on any atom is -0.377 e. The average molecular weight is 353 g/mol. The first kappa shape index (κ1) is 17.9. The number of aryl methyl sites for hydroxylation is 2. The number of rotatable bonds is 6. The molecule has 1 heterocycles. The number of nitrogens with one attached hydrogen (secondary N) is 1. The van der Waals surface area contributed by atoms with Gasteiger partial charge in [-0.25, -0.2) is 8.42 Å². The molecule has 1 N–H and O–H groups in total. The molecule has 1 aromatic carbocycles. The Morgan fingerprint density at radius 3 is 2.54 bits per heavy atom. The highest BCUT2D eigenvalue weighted by atomic mass is 32.2. The molecule has 24 heavy (non-hydrogen) atoms. The second kappa shape index (κ2) is 6.60. The van der Waals surface area contributed by atoms with E-state index in [0.717, 1.165) is 17.5 Å². The van der Waals surface area contributed by atoms with Gasteiger partial charge < -0.3 is 9.84 Å². The van der Waals surface area contributed by atoms with E-state index in [1.54, 1.807) is 6.92 Å². The number of nitro benzene ring substituents is 1. The van der Waals surface area contributed by atoms with Crippen molar-refractivity contribution in [3.8, 4) is 0 Å². The lowest BCUT2D eigenvalue weighted by Crippen LogP contribution is -2.20. The van der Waals surface area contributed by atoms with Crippen LogP contribution in [0.3, 0.4) is 0 Å². The zero-order valence-electron chi connectivity index (χ0n) is 13.9. The van der Waals surface area contributed by atoms with Crippen LogP contribution in [0.1, 0.15) is 23.9 Å². The molecular formula is C15H19N3O5S. The molecule has 0 amide bonds. The lowest BCUT2D eigenvalue weighted by Gasteiger charge is -2.16. The molecule has 9 heteroatoms. The molecule has 1 unspecified atom stereocenters. The normalized spacial score (nSPS) is 12.8. The van der Waals surface area contributed by atoms with Crippen molar-refractivity contribution in [3.63, 3.8) is 0 Å². The number of anilines is 1. The van der Waals surface area contributed by atoms with E-state index in [1.807, 2.05) is 13.8 Å². The van der Waals surface area contributed by atoms with Crippen molar-refractivity contribution in [1.29, 1.82) is 0 Å². The molecule has 0 radical (unpaired) electrons. The van der Waals surface area contributed by atoms with Gasteiger partial charge in [0.1, 0.15) is 16.3 Å². The summed E-state index contributed by atoms with van der Waals surface area (Å²) in [6, 6.07) is 4.03. The van der Waals surface area contributed by atoms with Crippen LogP contribution >= 0.6 is 0 Å². The zero-order valence-corrected chi connectivity index (χ0v) is 14.7. The maximum atomic E-state index is 11.8. The van der Waals surface area contributed by atoms with Crippen molar-refractivity contribution in [3.05, 3.63) is 45.3 Å². The molecule has 2 rings (SSSR count). The van der Waals surface area contributed by atoms with E-state index in [0.29, 0.717) is 12.2 Å². The van der Waals surface area contributed by atoms with Gasteiger partial charge in [-0.2, -0.15) is 0 Å². The van der Waals surface area contributed by atoms with E-state index in [-0.39, 0.29) is 16.6 Å². The standard InChI is InChI=1S/C15H19N3O5S/c1-9(8-12-10(2)17-23-11(12)3)16-13-6-5-7-14(24(4,21)22)15(13)18(19)20/h5-7,9,16H,8H2,1-4H3. The lowest BCUT2D eigenvalue weighted by atomic mass is 10.1. The van der Waals surface area contributed by atoms with Crippen LogP contribution in [0.15, 0.2) is 27.6 Å². The van der Waals surface area contributed by atoms with Gasteiger partial charge in [0, 0.05) is 17.9 Å². The van der Waals surface area contributed by atoms with Crippen molar-refractivity contribution >= 4 is 21.2 Å². The second-order valence-corrected chi connectivity index (χ2v) is 7.72. The molecule has 0 fully saturated rings. The first-order valence-electron chi connectivity index (χ1n) is 7.27. The Hall–Kier alpha value is -2.42. The monoisotopic (exact) mass is 353 g/mol. The van der Waals surface area contributed by atoms with Crippen molar-refractivity contribution in [2.24, 2.45) is 0 Å². The zero-order chi connectivity index (χ0) is 18.1. The van der Waals surface area contributed by atoms with Gasteiger partial charge in [-0.05, 0) is 39.3 Å². The number of hydrogen-bond donors (Lipinski definition) is 1. The number of aromatic nitrogens is 1. The molecule has 0 aliphatic heterocycles. The van der Waals surface area contributed by atoms with Gasteiger partial charge in [0.25, 0.3) is 0 Å². The van der Waals surface area contributed by atoms with Crippen LogP contribution in [0.5, 0.6) is 0 Å². The number of sulfone groups is 1. The minimum atomic E-state index is -3.71. The van der Waals surface area contributed by atoms with E-state index in [9.17, 15) is 18.5 Å². The first-order valence-corrected chi connectivity index (χ1v) is 9.16. The van der Waals surface area contributed by atoms with Gasteiger partial charge in [-0.3, -0.25) is 10.1 Å². The Morgan fingerprint density at radius 1 is 1.38 bits per heavy atom. The Bertz CT molecular complexity index is 854.